The molecule has 4 rings (SSSR count). The largest absolute Gasteiger partial charge is 0.378 e. The van der Waals surface area contributed by atoms with Crippen molar-refractivity contribution in [2.24, 2.45) is 5.92 Å². The van der Waals surface area contributed by atoms with E-state index in [-0.39, 0.29) is 0 Å². The average molecular weight is 357 g/mol. The van der Waals surface area contributed by atoms with E-state index in [9.17, 15) is 0 Å². The third-order valence-corrected chi connectivity index (χ3v) is 5.44. The lowest BCUT2D eigenvalue weighted by atomic mass is 10.1. The lowest BCUT2D eigenvalue weighted by Gasteiger charge is -2.28. The molecular formula is C18H23N5OS. The van der Waals surface area contributed by atoms with Gasteiger partial charge in [-0.05, 0) is 12.8 Å². The molecule has 25 heavy (non-hydrogen) atoms. The maximum Gasteiger partial charge on any atom is 0.164 e. The summed E-state index contributed by atoms with van der Waals surface area (Å²) < 4.78 is 7.57. The van der Waals surface area contributed by atoms with Crippen molar-refractivity contribution < 1.29 is 4.74 Å². The number of nitrogens with zero attached hydrogens (tertiary/aromatic N) is 5. The Morgan fingerprint density at radius 3 is 2.80 bits per heavy atom. The van der Waals surface area contributed by atoms with Gasteiger partial charge in [0.25, 0.3) is 0 Å². The summed E-state index contributed by atoms with van der Waals surface area (Å²) in [5.41, 5.74) is 4.16. The number of imidazole rings is 1. The molecule has 6 nitrogen and oxygen atoms in total. The SMILES string of the molecule is Cc1nc2c(N3CCOCC3)cncn2c1-c1cnc(CC(C)C)s1. The molecule has 3 aromatic heterocycles. The van der Waals surface area contributed by atoms with Crippen LogP contribution in [0.25, 0.3) is 16.2 Å². The Balaban J connectivity index is 1.77. The predicted molar refractivity (Wildman–Crippen MR) is 100 cm³/mol. The van der Waals surface area contributed by atoms with Crippen LogP contribution in [0.4, 0.5) is 5.69 Å². The van der Waals surface area contributed by atoms with Crippen molar-refractivity contribution in [3.8, 4) is 10.6 Å². The second kappa shape index (κ2) is 6.72. The number of aryl methyl sites for hydroxylation is 1. The summed E-state index contributed by atoms with van der Waals surface area (Å²) in [4.78, 5) is 17.4. The third kappa shape index (κ3) is 3.14. The number of fused-ring (bicyclic) bond motifs is 1. The zero-order valence-electron chi connectivity index (χ0n) is 14.9. The summed E-state index contributed by atoms with van der Waals surface area (Å²) in [6.07, 6.45) is 6.75. The Morgan fingerprint density at radius 2 is 2.04 bits per heavy atom. The first-order valence-corrected chi connectivity index (χ1v) is 9.55. The lowest BCUT2D eigenvalue weighted by Crippen LogP contribution is -2.36. The van der Waals surface area contributed by atoms with E-state index in [0.717, 1.165) is 60.3 Å². The Hall–Kier alpha value is -1.99. The van der Waals surface area contributed by atoms with Crippen LogP contribution in [-0.4, -0.2) is 45.7 Å². The van der Waals surface area contributed by atoms with Crippen LogP contribution < -0.4 is 4.90 Å². The van der Waals surface area contributed by atoms with Crippen LogP contribution in [-0.2, 0) is 11.2 Å². The standard InChI is InChI=1S/C18H23N5OS/c1-12(2)8-16-20-10-15(25-16)17-13(3)21-18-14(9-19-11-23(17)18)22-4-6-24-7-5-22/h9-12H,4-8H2,1-3H3. The zero-order chi connectivity index (χ0) is 17.4. The van der Waals surface area contributed by atoms with Gasteiger partial charge in [0.2, 0.25) is 0 Å². The van der Waals surface area contributed by atoms with Crippen LogP contribution in [0.15, 0.2) is 18.7 Å². The molecule has 0 unspecified atom stereocenters. The van der Waals surface area contributed by atoms with E-state index in [1.807, 2.05) is 18.7 Å². The molecule has 0 N–H and O–H groups in total. The molecule has 0 radical (unpaired) electrons. The van der Waals surface area contributed by atoms with Crippen LogP contribution in [0, 0.1) is 12.8 Å². The van der Waals surface area contributed by atoms with Gasteiger partial charge in [-0.2, -0.15) is 0 Å². The Bertz CT molecular complexity index is 879. The van der Waals surface area contributed by atoms with Crippen LogP contribution in [0.1, 0.15) is 24.5 Å². The molecule has 0 atom stereocenters. The Morgan fingerprint density at radius 1 is 1.24 bits per heavy atom. The Labute approximate surface area is 151 Å². The number of ether oxygens (including phenoxy) is 1. The van der Waals surface area contributed by atoms with E-state index in [2.05, 4.69) is 40.0 Å². The van der Waals surface area contributed by atoms with E-state index in [4.69, 9.17) is 9.72 Å². The zero-order valence-corrected chi connectivity index (χ0v) is 15.7. The molecule has 0 saturated carbocycles. The van der Waals surface area contributed by atoms with Crippen molar-refractivity contribution in [1.29, 1.82) is 0 Å². The predicted octanol–water partition coefficient (Wildman–Crippen LogP) is 3.20. The van der Waals surface area contributed by atoms with Crippen molar-refractivity contribution >= 4 is 22.7 Å². The molecule has 1 aliphatic rings. The Kier molecular flexibility index (Phi) is 4.43. The van der Waals surface area contributed by atoms with Crippen LogP contribution in [0.3, 0.4) is 0 Å². The van der Waals surface area contributed by atoms with Crippen molar-refractivity contribution in [2.75, 3.05) is 31.2 Å². The first-order chi connectivity index (χ1) is 12.1. The minimum absolute atomic E-state index is 0.608. The van der Waals surface area contributed by atoms with Gasteiger partial charge in [0, 0.05) is 25.7 Å². The quantitative estimate of drug-likeness (QED) is 0.718. The molecule has 0 aliphatic carbocycles. The molecule has 1 fully saturated rings. The normalized spacial score (nSPS) is 15.4. The number of aromatic nitrogens is 4. The van der Waals surface area contributed by atoms with Gasteiger partial charge in [0.05, 0.1) is 46.4 Å². The van der Waals surface area contributed by atoms with Gasteiger partial charge in [-0.15, -0.1) is 11.3 Å². The number of hydrogen-bond acceptors (Lipinski definition) is 6. The van der Waals surface area contributed by atoms with Gasteiger partial charge in [0.1, 0.15) is 6.33 Å². The number of anilines is 1. The summed E-state index contributed by atoms with van der Waals surface area (Å²) in [6.45, 7) is 9.76. The molecule has 4 heterocycles. The molecule has 1 saturated heterocycles. The monoisotopic (exact) mass is 357 g/mol. The van der Waals surface area contributed by atoms with Gasteiger partial charge in [-0.1, -0.05) is 13.8 Å². The minimum atomic E-state index is 0.608. The van der Waals surface area contributed by atoms with Gasteiger partial charge in [0.15, 0.2) is 5.65 Å². The second-order valence-corrected chi connectivity index (χ2v) is 7.95. The van der Waals surface area contributed by atoms with Crippen molar-refractivity contribution in [3.05, 3.63) is 29.4 Å². The summed E-state index contributed by atoms with van der Waals surface area (Å²) in [6, 6.07) is 0. The fourth-order valence-corrected chi connectivity index (χ4v) is 4.48. The van der Waals surface area contributed by atoms with Gasteiger partial charge in [-0.25, -0.2) is 15.0 Å². The summed E-state index contributed by atoms with van der Waals surface area (Å²) in [7, 11) is 0. The number of rotatable bonds is 4. The van der Waals surface area contributed by atoms with E-state index in [1.165, 1.54) is 5.01 Å². The highest BCUT2D eigenvalue weighted by Crippen LogP contribution is 2.33. The summed E-state index contributed by atoms with van der Waals surface area (Å²) in [5, 5.41) is 1.18. The first-order valence-electron chi connectivity index (χ1n) is 8.74. The highest BCUT2D eigenvalue weighted by molar-refractivity contribution is 7.15. The van der Waals surface area contributed by atoms with Crippen molar-refractivity contribution in [1.82, 2.24) is 19.4 Å². The van der Waals surface area contributed by atoms with E-state index >= 15 is 0 Å². The topological polar surface area (TPSA) is 55.5 Å². The van der Waals surface area contributed by atoms with Crippen LogP contribution >= 0.6 is 11.3 Å². The fraction of sp³-hybridized carbons (Fsp3) is 0.500. The highest BCUT2D eigenvalue weighted by atomic mass is 32.1. The molecule has 3 aromatic rings. The molecule has 0 amide bonds. The molecule has 0 spiro atoms. The molecule has 0 aromatic carbocycles. The van der Waals surface area contributed by atoms with Gasteiger partial charge >= 0.3 is 0 Å². The highest BCUT2D eigenvalue weighted by Gasteiger charge is 2.20. The maximum absolute atomic E-state index is 5.47. The lowest BCUT2D eigenvalue weighted by molar-refractivity contribution is 0.123. The first kappa shape index (κ1) is 16.5. The van der Waals surface area contributed by atoms with E-state index in [0.29, 0.717) is 5.92 Å². The van der Waals surface area contributed by atoms with Gasteiger partial charge < -0.3 is 9.64 Å². The van der Waals surface area contributed by atoms with Crippen LogP contribution in [0.2, 0.25) is 0 Å². The van der Waals surface area contributed by atoms with E-state index in [1.54, 1.807) is 11.3 Å². The second-order valence-electron chi connectivity index (χ2n) is 6.83. The number of morpholine rings is 1. The maximum atomic E-state index is 5.47. The fourth-order valence-electron chi connectivity index (χ4n) is 3.26. The number of thiazole rings is 1. The van der Waals surface area contributed by atoms with Crippen molar-refractivity contribution in [2.45, 2.75) is 27.2 Å². The smallest absolute Gasteiger partial charge is 0.164 e. The number of hydrogen-bond donors (Lipinski definition) is 0. The van der Waals surface area contributed by atoms with Crippen molar-refractivity contribution in [3.63, 3.8) is 0 Å². The molecular weight excluding hydrogens is 334 g/mol. The average Bonchev–Trinajstić information content (AvgIpc) is 3.17. The van der Waals surface area contributed by atoms with Gasteiger partial charge in [-0.3, -0.25) is 4.40 Å². The molecule has 0 bridgehead atoms. The molecule has 1 aliphatic heterocycles. The molecule has 7 heteroatoms. The van der Waals surface area contributed by atoms with E-state index < -0.39 is 0 Å². The minimum Gasteiger partial charge on any atom is -0.378 e. The molecule has 132 valence electrons. The summed E-state index contributed by atoms with van der Waals surface area (Å²) in [5.74, 6) is 0.608. The third-order valence-electron chi connectivity index (χ3n) is 4.42. The van der Waals surface area contributed by atoms with Crippen LogP contribution in [0.5, 0.6) is 0 Å². The summed E-state index contributed by atoms with van der Waals surface area (Å²) >= 11 is 1.76.